The maximum absolute atomic E-state index is 16.1. The van der Waals surface area contributed by atoms with Crippen molar-refractivity contribution in [3.8, 4) is 23.0 Å². The Morgan fingerprint density at radius 1 is 0.500 bits per heavy atom. The summed E-state index contributed by atoms with van der Waals surface area (Å²) in [5.41, 5.74) is 3.25. The van der Waals surface area contributed by atoms with E-state index in [-0.39, 0.29) is 0 Å². The van der Waals surface area contributed by atoms with E-state index in [0.29, 0.717) is 51.2 Å². The Morgan fingerprint density at radius 3 is 1.22 bits per heavy atom. The van der Waals surface area contributed by atoms with Crippen LogP contribution in [-0.2, 0) is 4.57 Å². The van der Waals surface area contributed by atoms with E-state index in [1.54, 1.807) is 6.20 Å². The van der Waals surface area contributed by atoms with Gasteiger partial charge in [-0.1, -0.05) is 54.6 Å². The van der Waals surface area contributed by atoms with Crippen molar-refractivity contribution < 1.29 is 14.0 Å². The summed E-state index contributed by atoms with van der Waals surface area (Å²) in [7, 11) is -3.76. The van der Waals surface area contributed by atoms with Gasteiger partial charge in [0.2, 0.25) is 0 Å². The van der Waals surface area contributed by atoms with Crippen LogP contribution in [0, 0.1) is 0 Å². The fourth-order valence-electron chi connectivity index (χ4n) is 4.77. The lowest BCUT2D eigenvalue weighted by molar-refractivity contribution is 0.474. The third-order valence-corrected chi connectivity index (χ3v) is 9.11. The molecule has 1 aromatic heterocycles. The molecular weight excluding hydrogens is 469 g/mol. The number of rotatable bonds is 3. The first-order chi connectivity index (χ1) is 17.7. The number of aromatic nitrogens is 1. The Hall–Kier alpha value is -4.54. The first kappa shape index (κ1) is 20.8. The Kier molecular flexibility index (Phi) is 4.63. The number of benzene rings is 4. The summed E-state index contributed by atoms with van der Waals surface area (Å²) in [6.07, 6.45) is 1.68. The van der Waals surface area contributed by atoms with Gasteiger partial charge in [0.05, 0.1) is 22.7 Å². The van der Waals surface area contributed by atoms with E-state index in [1.165, 1.54) is 0 Å². The van der Waals surface area contributed by atoms with E-state index < -0.39 is 7.44 Å². The number of ether oxygens (including phenoxy) is 2. The van der Waals surface area contributed by atoms with Crippen LogP contribution in [0.5, 0.6) is 23.0 Å². The molecule has 36 heavy (non-hydrogen) atoms. The van der Waals surface area contributed by atoms with Crippen LogP contribution in [-0.4, -0.2) is 4.98 Å². The number of fused-ring (bicyclic) bond motifs is 4. The van der Waals surface area contributed by atoms with Crippen LogP contribution in [0.1, 0.15) is 0 Å². The molecule has 0 atom stereocenters. The fraction of sp³-hybridized carbons (Fsp3) is 0. The highest BCUT2D eigenvalue weighted by Crippen LogP contribution is 2.69. The van der Waals surface area contributed by atoms with E-state index in [4.69, 9.17) is 9.47 Å². The zero-order chi connectivity index (χ0) is 24.1. The quantitative estimate of drug-likeness (QED) is 0.241. The molecule has 3 heterocycles. The summed E-state index contributed by atoms with van der Waals surface area (Å²) in [4.78, 5) is 4.66. The lowest BCUT2D eigenvalue weighted by atomic mass is 10.2. The highest BCUT2D eigenvalue weighted by atomic mass is 31.2. The zero-order valence-electron chi connectivity index (χ0n) is 19.1. The molecule has 0 fully saturated rings. The number of para-hydroxylation sites is 8. The average molecular weight is 489 g/mol. The Bertz CT molecular complexity index is 1470. The van der Waals surface area contributed by atoms with Gasteiger partial charge in [0.15, 0.2) is 23.0 Å². The Morgan fingerprint density at radius 2 is 0.861 bits per heavy atom. The minimum atomic E-state index is -3.76. The number of hydrogen-bond donors (Lipinski definition) is 0. The van der Waals surface area contributed by atoms with Crippen molar-refractivity contribution >= 4 is 35.6 Å². The van der Waals surface area contributed by atoms with Crippen LogP contribution in [0.25, 0.3) is 0 Å². The number of hydrogen-bond acceptors (Lipinski definition) is 4. The molecule has 0 amide bonds. The SMILES string of the molecule is O=P(c1ccccn1)(N1c2ccccc2Oc2ccccc21)N1c2ccccc2Oc2ccccc21. The van der Waals surface area contributed by atoms with Gasteiger partial charge < -0.3 is 9.47 Å². The van der Waals surface area contributed by atoms with Crippen molar-refractivity contribution in [3.63, 3.8) is 0 Å². The van der Waals surface area contributed by atoms with Crippen molar-refractivity contribution in [1.82, 2.24) is 4.98 Å². The van der Waals surface area contributed by atoms with Crippen molar-refractivity contribution in [2.24, 2.45) is 0 Å². The normalized spacial score (nSPS) is 13.4. The van der Waals surface area contributed by atoms with Crippen LogP contribution in [0.15, 0.2) is 121 Å². The molecule has 2 aliphatic heterocycles. The van der Waals surface area contributed by atoms with E-state index in [9.17, 15) is 0 Å². The fourth-order valence-corrected chi connectivity index (χ4v) is 7.69. The molecule has 5 aromatic rings. The van der Waals surface area contributed by atoms with Gasteiger partial charge >= 0.3 is 7.44 Å². The largest absolute Gasteiger partial charge is 0.453 e. The molecule has 7 heteroatoms. The van der Waals surface area contributed by atoms with Gasteiger partial charge in [-0.3, -0.25) is 13.9 Å². The minimum absolute atomic E-state index is 0.447. The molecule has 0 saturated carbocycles. The number of anilines is 4. The lowest BCUT2D eigenvalue weighted by Crippen LogP contribution is -2.36. The van der Waals surface area contributed by atoms with Crippen LogP contribution in [0.4, 0.5) is 22.7 Å². The van der Waals surface area contributed by atoms with Gasteiger partial charge in [0.1, 0.15) is 5.44 Å². The molecule has 6 nitrogen and oxygen atoms in total. The Balaban J connectivity index is 1.60. The molecule has 2 aliphatic rings. The maximum atomic E-state index is 16.1. The lowest BCUT2D eigenvalue weighted by Gasteiger charge is -2.45. The molecule has 174 valence electrons. The third-order valence-electron chi connectivity index (χ3n) is 6.30. The van der Waals surface area contributed by atoms with Crippen LogP contribution in [0.3, 0.4) is 0 Å². The summed E-state index contributed by atoms with van der Waals surface area (Å²) in [6, 6.07) is 36.1. The van der Waals surface area contributed by atoms with Crippen LogP contribution in [0.2, 0.25) is 0 Å². The zero-order valence-corrected chi connectivity index (χ0v) is 20.0. The van der Waals surface area contributed by atoms with Gasteiger partial charge in [-0.15, -0.1) is 0 Å². The topological polar surface area (TPSA) is 54.9 Å². The summed E-state index contributed by atoms with van der Waals surface area (Å²) in [6.45, 7) is 0. The van der Waals surface area contributed by atoms with E-state index in [0.717, 1.165) is 0 Å². The van der Waals surface area contributed by atoms with Gasteiger partial charge in [0, 0.05) is 6.20 Å². The van der Waals surface area contributed by atoms with Crippen molar-refractivity contribution in [3.05, 3.63) is 121 Å². The molecule has 0 bridgehead atoms. The third kappa shape index (κ3) is 2.98. The summed E-state index contributed by atoms with van der Waals surface area (Å²) in [5.74, 6) is 2.51. The van der Waals surface area contributed by atoms with Gasteiger partial charge in [-0.25, -0.2) is 4.98 Å². The molecule has 0 radical (unpaired) electrons. The van der Waals surface area contributed by atoms with Gasteiger partial charge in [-0.05, 0) is 60.7 Å². The summed E-state index contributed by atoms with van der Waals surface area (Å²) < 4.78 is 32.3. The second kappa shape index (κ2) is 8.01. The molecule has 4 aromatic carbocycles. The molecule has 7 rings (SSSR count). The predicted octanol–water partition coefficient (Wildman–Crippen LogP) is 7.79. The predicted molar refractivity (Wildman–Crippen MR) is 142 cm³/mol. The van der Waals surface area contributed by atoms with Gasteiger partial charge in [-0.2, -0.15) is 0 Å². The molecular formula is C29H20N3O3P. The molecule has 0 saturated heterocycles. The summed E-state index contributed by atoms with van der Waals surface area (Å²) >= 11 is 0. The van der Waals surface area contributed by atoms with E-state index in [2.05, 4.69) is 4.98 Å². The second-order valence-electron chi connectivity index (χ2n) is 8.43. The van der Waals surface area contributed by atoms with E-state index in [1.807, 2.05) is 125 Å². The number of pyridine rings is 1. The molecule has 0 spiro atoms. The molecule has 0 aliphatic carbocycles. The van der Waals surface area contributed by atoms with Crippen LogP contribution >= 0.6 is 7.44 Å². The van der Waals surface area contributed by atoms with Crippen molar-refractivity contribution in [2.75, 3.05) is 9.34 Å². The van der Waals surface area contributed by atoms with Crippen molar-refractivity contribution in [2.45, 2.75) is 0 Å². The average Bonchev–Trinajstić information content (AvgIpc) is 2.94. The minimum Gasteiger partial charge on any atom is -0.453 e. The van der Waals surface area contributed by atoms with Crippen molar-refractivity contribution in [1.29, 1.82) is 0 Å². The first-order valence-electron chi connectivity index (χ1n) is 11.6. The van der Waals surface area contributed by atoms with Crippen LogP contribution < -0.4 is 24.2 Å². The number of nitrogens with zero attached hydrogens (tertiary/aromatic N) is 3. The highest BCUT2D eigenvalue weighted by Gasteiger charge is 2.48. The second-order valence-corrected chi connectivity index (χ2v) is 10.8. The smallest absolute Gasteiger partial charge is 0.319 e. The van der Waals surface area contributed by atoms with Gasteiger partial charge in [0.25, 0.3) is 0 Å². The standard InChI is InChI=1S/C29H20N3O3P/c33-36(29-19-9-10-20-30-29,31-21-11-1-5-15-25(21)34-26-16-6-2-12-22(26)31)32-23-13-3-7-17-27(23)35-28-18-8-4-14-24(28)32/h1-20H. The molecule has 0 N–H and O–H groups in total. The molecule has 0 unspecified atom stereocenters. The summed E-state index contributed by atoms with van der Waals surface area (Å²) in [5, 5.41) is 0. The monoisotopic (exact) mass is 489 g/mol. The highest BCUT2D eigenvalue weighted by molar-refractivity contribution is 7.75. The van der Waals surface area contributed by atoms with E-state index >= 15 is 4.57 Å². The maximum Gasteiger partial charge on any atom is 0.319 e. The first-order valence-corrected chi connectivity index (χ1v) is 13.2. The Labute approximate surface area is 208 Å².